The molecule has 84 valence electrons. The first-order valence-corrected chi connectivity index (χ1v) is 5.91. The summed E-state index contributed by atoms with van der Waals surface area (Å²) in [6.45, 7) is 4.38. The van der Waals surface area contributed by atoms with Crippen LogP contribution in [0, 0.1) is 12.8 Å². The molecule has 0 saturated heterocycles. The summed E-state index contributed by atoms with van der Waals surface area (Å²) in [4.78, 5) is 4.45. The van der Waals surface area contributed by atoms with E-state index >= 15 is 0 Å². The summed E-state index contributed by atoms with van der Waals surface area (Å²) in [5.41, 5.74) is 9.53. The van der Waals surface area contributed by atoms with Crippen LogP contribution in [0.3, 0.4) is 0 Å². The second-order valence-electron chi connectivity index (χ2n) is 4.86. The molecule has 0 spiro atoms. The zero-order valence-electron chi connectivity index (χ0n) is 9.77. The molecule has 1 saturated carbocycles. The predicted molar refractivity (Wildman–Crippen MR) is 66.3 cm³/mol. The van der Waals surface area contributed by atoms with E-state index in [1.165, 1.54) is 23.9 Å². The van der Waals surface area contributed by atoms with Crippen LogP contribution in [-0.2, 0) is 0 Å². The van der Waals surface area contributed by atoms with Gasteiger partial charge in [0.15, 0.2) is 0 Å². The van der Waals surface area contributed by atoms with E-state index in [9.17, 15) is 0 Å². The first kappa shape index (κ1) is 9.70. The average Bonchev–Trinajstić information content (AvgIpc) is 3.01. The van der Waals surface area contributed by atoms with Gasteiger partial charge < -0.3 is 10.3 Å². The van der Waals surface area contributed by atoms with Crippen LogP contribution in [0.1, 0.15) is 31.4 Å². The van der Waals surface area contributed by atoms with Crippen molar-refractivity contribution in [3.05, 3.63) is 23.8 Å². The van der Waals surface area contributed by atoms with Crippen LogP contribution in [0.5, 0.6) is 0 Å². The smallest absolute Gasteiger partial charge is 0.201 e. The molecule has 2 N–H and O–H groups in total. The van der Waals surface area contributed by atoms with Crippen molar-refractivity contribution in [3.8, 4) is 0 Å². The van der Waals surface area contributed by atoms with Gasteiger partial charge in [-0.15, -0.1) is 0 Å². The van der Waals surface area contributed by atoms with E-state index < -0.39 is 0 Å². The third-order valence-electron chi connectivity index (χ3n) is 3.65. The first-order valence-electron chi connectivity index (χ1n) is 5.91. The lowest BCUT2D eigenvalue weighted by Crippen LogP contribution is -2.10. The van der Waals surface area contributed by atoms with Crippen molar-refractivity contribution in [2.24, 2.45) is 5.92 Å². The molecule has 0 aliphatic heterocycles. The van der Waals surface area contributed by atoms with Gasteiger partial charge in [0, 0.05) is 6.04 Å². The largest absolute Gasteiger partial charge is 0.369 e. The molecule has 1 heterocycles. The Labute approximate surface area is 95.3 Å². The highest BCUT2D eigenvalue weighted by Gasteiger charge is 2.31. The minimum atomic E-state index is 0.478. The maximum atomic E-state index is 6.04. The van der Waals surface area contributed by atoms with E-state index in [0.717, 1.165) is 11.4 Å². The van der Waals surface area contributed by atoms with E-state index in [1.807, 2.05) is 12.1 Å². The molecule has 0 amide bonds. The summed E-state index contributed by atoms with van der Waals surface area (Å²) >= 11 is 0. The molecule has 3 heteroatoms. The van der Waals surface area contributed by atoms with Gasteiger partial charge in [-0.1, -0.05) is 12.1 Å². The van der Waals surface area contributed by atoms with E-state index in [4.69, 9.17) is 5.73 Å². The van der Waals surface area contributed by atoms with Crippen molar-refractivity contribution in [2.45, 2.75) is 32.7 Å². The Morgan fingerprint density at radius 1 is 1.44 bits per heavy atom. The van der Waals surface area contributed by atoms with E-state index in [1.54, 1.807) is 0 Å². The fraction of sp³-hybridized carbons (Fsp3) is 0.462. The molecule has 1 aromatic heterocycles. The summed E-state index contributed by atoms with van der Waals surface area (Å²) in [7, 11) is 0. The van der Waals surface area contributed by atoms with Crippen molar-refractivity contribution < 1.29 is 0 Å². The Morgan fingerprint density at radius 3 is 2.88 bits per heavy atom. The number of aromatic nitrogens is 2. The first-order chi connectivity index (χ1) is 7.68. The standard InChI is InChI=1S/C13H17N3/c1-8-4-3-5-11-12(8)16(13(14)15-11)9(2)10-6-7-10/h3-5,9-10H,6-7H2,1-2H3,(H2,14,15). The molecular weight excluding hydrogens is 198 g/mol. The van der Waals surface area contributed by atoms with Gasteiger partial charge in [-0.2, -0.15) is 0 Å². The van der Waals surface area contributed by atoms with E-state index in [2.05, 4.69) is 29.5 Å². The second kappa shape index (κ2) is 3.24. The van der Waals surface area contributed by atoms with Gasteiger partial charge in [-0.05, 0) is 44.2 Å². The molecule has 1 aromatic carbocycles. The third-order valence-corrected chi connectivity index (χ3v) is 3.65. The van der Waals surface area contributed by atoms with Crippen LogP contribution in [0.25, 0.3) is 11.0 Å². The lowest BCUT2D eigenvalue weighted by Gasteiger charge is -2.16. The van der Waals surface area contributed by atoms with E-state index in [-0.39, 0.29) is 0 Å². The molecule has 16 heavy (non-hydrogen) atoms. The van der Waals surface area contributed by atoms with Crippen LogP contribution in [0.15, 0.2) is 18.2 Å². The zero-order valence-corrected chi connectivity index (χ0v) is 9.77. The maximum absolute atomic E-state index is 6.04. The van der Waals surface area contributed by atoms with Gasteiger partial charge in [-0.25, -0.2) is 4.98 Å². The van der Waals surface area contributed by atoms with Gasteiger partial charge in [0.25, 0.3) is 0 Å². The number of nitrogens with zero attached hydrogens (tertiary/aromatic N) is 2. The summed E-state index contributed by atoms with van der Waals surface area (Å²) in [6, 6.07) is 6.68. The van der Waals surface area contributed by atoms with Crippen LogP contribution >= 0.6 is 0 Å². The van der Waals surface area contributed by atoms with Gasteiger partial charge in [0.1, 0.15) is 0 Å². The minimum absolute atomic E-state index is 0.478. The highest BCUT2D eigenvalue weighted by molar-refractivity contribution is 5.81. The molecular formula is C13H17N3. The van der Waals surface area contributed by atoms with Gasteiger partial charge in [-0.3, -0.25) is 0 Å². The third kappa shape index (κ3) is 1.31. The zero-order chi connectivity index (χ0) is 11.3. The Hall–Kier alpha value is -1.51. The molecule has 1 atom stereocenters. The molecule has 1 unspecified atom stereocenters. The Balaban J connectivity index is 2.24. The number of anilines is 1. The van der Waals surface area contributed by atoms with Crippen molar-refractivity contribution in [1.29, 1.82) is 0 Å². The molecule has 0 radical (unpaired) electrons. The van der Waals surface area contributed by atoms with Crippen molar-refractivity contribution in [3.63, 3.8) is 0 Å². The number of nitrogen functional groups attached to an aromatic ring is 1. The van der Waals surface area contributed by atoms with Crippen molar-refractivity contribution in [1.82, 2.24) is 9.55 Å². The minimum Gasteiger partial charge on any atom is -0.369 e. The van der Waals surface area contributed by atoms with Crippen LogP contribution in [0.4, 0.5) is 5.95 Å². The van der Waals surface area contributed by atoms with Gasteiger partial charge in [0.2, 0.25) is 5.95 Å². The number of benzene rings is 1. The normalized spacial score (nSPS) is 17.9. The van der Waals surface area contributed by atoms with Crippen LogP contribution < -0.4 is 5.73 Å². The SMILES string of the molecule is Cc1cccc2nc(N)n(C(C)C3CC3)c12. The quantitative estimate of drug-likeness (QED) is 0.837. The topological polar surface area (TPSA) is 43.8 Å². The lowest BCUT2D eigenvalue weighted by atomic mass is 10.1. The highest BCUT2D eigenvalue weighted by Crippen LogP contribution is 2.42. The molecule has 0 bridgehead atoms. The Bertz CT molecular complexity index is 537. The van der Waals surface area contributed by atoms with Crippen molar-refractivity contribution in [2.75, 3.05) is 5.73 Å². The van der Waals surface area contributed by atoms with Crippen molar-refractivity contribution >= 4 is 17.0 Å². The number of rotatable bonds is 2. The Morgan fingerprint density at radius 2 is 2.19 bits per heavy atom. The number of fused-ring (bicyclic) bond motifs is 1. The Kier molecular flexibility index (Phi) is 1.96. The fourth-order valence-corrected chi connectivity index (χ4v) is 2.54. The number of hydrogen-bond acceptors (Lipinski definition) is 2. The molecule has 1 aliphatic carbocycles. The number of hydrogen-bond donors (Lipinski definition) is 1. The predicted octanol–water partition coefficient (Wildman–Crippen LogP) is 2.90. The average molecular weight is 215 g/mol. The second-order valence-corrected chi connectivity index (χ2v) is 4.86. The molecule has 2 aromatic rings. The summed E-state index contributed by atoms with van der Waals surface area (Å²) in [6.07, 6.45) is 2.65. The number of imidazole rings is 1. The van der Waals surface area contributed by atoms with Gasteiger partial charge >= 0.3 is 0 Å². The highest BCUT2D eigenvalue weighted by atomic mass is 15.2. The molecule has 1 aliphatic rings. The monoisotopic (exact) mass is 215 g/mol. The lowest BCUT2D eigenvalue weighted by molar-refractivity contribution is 0.503. The molecule has 1 fully saturated rings. The van der Waals surface area contributed by atoms with Crippen LogP contribution in [0.2, 0.25) is 0 Å². The summed E-state index contributed by atoms with van der Waals surface area (Å²) < 4.78 is 2.21. The summed E-state index contributed by atoms with van der Waals surface area (Å²) in [5, 5.41) is 0. The number of para-hydroxylation sites is 1. The molecule has 3 nitrogen and oxygen atoms in total. The molecule has 3 rings (SSSR count). The fourth-order valence-electron chi connectivity index (χ4n) is 2.54. The number of aryl methyl sites for hydroxylation is 1. The number of nitrogens with two attached hydrogens (primary N) is 1. The summed E-state index contributed by atoms with van der Waals surface area (Å²) in [5.74, 6) is 1.45. The maximum Gasteiger partial charge on any atom is 0.201 e. The van der Waals surface area contributed by atoms with E-state index in [0.29, 0.717) is 12.0 Å². The van der Waals surface area contributed by atoms with Gasteiger partial charge in [0.05, 0.1) is 11.0 Å². The van der Waals surface area contributed by atoms with Crippen LogP contribution in [-0.4, -0.2) is 9.55 Å².